The van der Waals surface area contributed by atoms with Crippen LogP contribution in [0.1, 0.15) is 47.3 Å². The Morgan fingerprint density at radius 2 is 1.81 bits per heavy atom. The zero-order valence-electron chi connectivity index (χ0n) is 16.0. The third-order valence-corrected chi connectivity index (χ3v) is 5.17. The Morgan fingerprint density at radius 1 is 1.07 bits per heavy atom. The highest BCUT2D eigenvalue weighted by molar-refractivity contribution is 5.64. The molecule has 1 fully saturated rings. The molecule has 4 rings (SSSR count). The van der Waals surface area contributed by atoms with Crippen molar-refractivity contribution in [2.45, 2.75) is 46.1 Å². The first kappa shape index (κ1) is 17.7. The molecule has 0 N–H and O–H groups in total. The lowest BCUT2D eigenvalue weighted by Crippen LogP contribution is -2.32. The second-order valence-corrected chi connectivity index (χ2v) is 7.22. The molecule has 0 unspecified atom stereocenters. The van der Waals surface area contributed by atoms with Crippen LogP contribution >= 0.6 is 0 Å². The van der Waals surface area contributed by atoms with Crippen LogP contribution in [0.3, 0.4) is 0 Å². The smallest absolute Gasteiger partial charge is 0.143 e. The Kier molecular flexibility index (Phi) is 4.94. The van der Waals surface area contributed by atoms with E-state index in [1.54, 1.807) is 6.33 Å². The summed E-state index contributed by atoms with van der Waals surface area (Å²) in [4.78, 5) is 20.0. The number of hydrogen-bond donors (Lipinski definition) is 0. The minimum Gasteiger partial charge on any atom is -0.361 e. The number of piperidine rings is 1. The molecular formula is C20H24N6O. The maximum atomic E-state index is 5.32. The summed E-state index contributed by atoms with van der Waals surface area (Å²) in [5.41, 5.74) is 5.06. The van der Waals surface area contributed by atoms with Crippen molar-refractivity contribution in [1.29, 1.82) is 0 Å². The SMILES string of the molecule is Cc1nc(-c2c(C)noc2C)cc(C2CCN(Cc3cncnc3)CC2)n1. The van der Waals surface area contributed by atoms with Crippen LogP contribution in [0.15, 0.2) is 29.3 Å². The molecule has 0 amide bonds. The molecule has 1 aliphatic heterocycles. The van der Waals surface area contributed by atoms with Gasteiger partial charge in [-0.2, -0.15) is 0 Å². The van der Waals surface area contributed by atoms with Crippen LogP contribution in [-0.4, -0.2) is 43.1 Å². The van der Waals surface area contributed by atoms with Gasteiger partial charge in [0.05, 0.1) is 17.0 Å². The molecule has 0 aliphatic carbocycles. The monoisotopic (exact) mass is 364 g/mol. The van der Waals surface area contributed by atoms with Crippen molar-refractivity contribution in [3.63, 3.8) is 0 Å². The summed E-state index contributed by atoms with van der Waals surface area (Å²) in [5, 5.41) is 4.06. The Labute approximate surface area is 158 Å². The molecule has 1 saturated heterocycles. The predicted octanol–water partition coefficient (Wildman–Crippen LogP) is 3.23. The Balaban J connectivity index is 1.48. The van der Waals surface area contributed by atoms with Gasteiger partial charge >= 0.3 is 0 Å². The summed E-state index contributed by atoms with van der Waals surface area (Å²) < 4.78 is 5.32. The lowest BCUT2D eigenvalue weighted by molar-refractivity contribution is 0.203. The number of rotatable bonds is 4. The van der Waals surface area contributed by atoms with Gasteiger partial charge in [-0.3, -0.25) is 4.90 Å². The molecule has 4 heterocycles. The molecule has 0 radical (unpaired) electrons. The Morgan fingerprint density at radius 3 is 2.48 bits per heavy atom. The average molecular weight is 364 g/mol. The Hall–Kier alpha value is -2.67. The molecule has 3 aromatic heterocycles. The van der Waals surface area contributed by atoms with Crippen molar-refractivity contribution in [3.05, 3.63) is 53.3 Å². The highest BCUT2D eigenvalue weighted by atomic mass is 16.5. The van der Waals surface area contributed by atoms with Crippen LogP contribution < -0.4 is 0 Å². The maximum absolute atomic E-state index is 5.32. The Bertz CT molecular complexity index is 896. The van der Waals surface area contributed by atoms with Gasteiger partial charge in [0.2, 0.25) is 0 Å². The van der Waals surface area contributed by atoms with Crippen LogP contribution in [0.2, 0.25) is 0 Å². The molecule has 0 spiro atoms. The molecule has 7 nitrogen and oxygen atoms in total. The molecule has 0 aromatic carbocycles. The van der Waals surface area contributed by atoms with Gasteiger partial charge in [-0.1, -0.05) is 5.16 Å². The van der Waals surface area contributed by atoms with E-state index in [1.807, 2.05) is 33.2 Å². The van der Waals surface area contributed by atoms with Crippen molar-refractivity contribution in [2.75, 3.05) is 13.1 Å². The highest BCUT2D eigenvalue weighted by Crippen LogP contribution is 2.31. The standard InChI is InChI=1S/C20H24N6O/c1-13-20(14(2)27-25-13)19-8-18(23-15(3)24-19)17-4-6-26(7-5-17)11-16-9-21-12-22-10-16/h8-10,12,17H,4-7,11H2,1-3H3. The lowest BCUT2D eigenvalue weighted by atomic mass is 9.92. The van der Waals surface area contributed by atoms with Crippen LogP contribution in [0.25, 0.3) is 11.3 Å². The summed E-state index contributed by atoms with van der Waals surface area (Å²) in [6.07, 6.45) is 7.53. The highest BCUT2D eigenvalue weighted by Gasteiger charge is 2.24. The second kappa shape index (κ2) is 7.52. The van der Waals surface area contributed by atoms with E-state index in [0.717, 1.165) is 72.3 Å². The van der Waals surface area contributed by atoms with Gasteiger partial charge in [0.1, 0.15) is 17.9 Å². The molecule has 3 aromatic rings. The number of nitrogens with zero attached hydrogens (tertiary/aromatic N) is 6. The van der Waals surface area contributed by atoms with Gasteiger partial charge in [0.15, 0.2) is 0 Å². The van der Waals surface area contributed by atoms with Crippen LogP contribution in [0.4, 0.5) is 0 Å². The zero-order valence-corrected chi connectivity index (χ0v) is 16.0. The van der Waals surface area contributed by atoms with E-state index in [-0.39, 0.29) is 0 Å². The minimum atomic E-state index is 0.453. The summed E-state index contributed by atoms with van der Waals surface area (Å²) in [5.74, 6) is 2.05. The van der Waals surface area contributed by atoms with Crippen molar-refractivity contribution >= 4 is 0 Å². The number of aryl methyl sites for hydroxylation is 3. The lowest BCUT2D eigenvalue weighted by Gasteiger charge is -2.31. The van der Waals surface area contributed by atoms with Gasteiger partial charge in [0.25, 0.3) is 0 Å². The summed E-state index contributed by atoms with van der Waals surface area (Å²) in [7, 11) is 0. The average Bonchev–Trinajstić information content (AvgIpc) is 3.01. The van der Waals surface area contributed by atoms with Crippen LogP contribution in [-0.2, 0) is 6.54 Å². The number of likely N-dealkylation sites (tertiary alicyclic amines) is 1. The predicted molar refractivity (Wildman–Crippen MR) is 101 cm³/mol. The van der Waals surface area contributed by atoms with E-state index in [1.165, 1.54) is 0 Å². The fourth-order valence-electron chi connectivity index (χ4n) is 3.83. The van der Waals surface area contributed by atoms with E-state index >= 15 is 0 Å². The third kappa shape index (κ3) is 3.88. The van der Waals surface area contributed by atoms with Crippen LogP contribution in [0.5, 0.6) is 0 Å². The quantitative estimate of drug-likeness (QED) is 0.703. The van der Waals surface area contributed by atoms with E-state index in [9.17, 15) is 0 Å². The van der Waals surface area contributed by atoms with Crippen molar-refractivity contribution in [1.82, 2.24) is 30.0 Å². The van der Waals surface area contributed by atoms with Crippen molar-refractivity contribution in [2.24, 2.45) is 0 Å². The first-order valence-electron chi connectivity index (χ1n) is 9.35. The molecule has 27 heavy (non-hydrogen) atoms. The zero-order chi connectivity index (χ0) is 18.8. The topological polar surface area (TPSA) is 80.8 Å². The molecule has 7 heteroatoms. The first-order valence-corrected chi connectivity index (χ1v) is 9.35. The molecule has 0 atom stereocenters. The van der Waals surface area contributed by atoms with Crippen molar-refractivity contribution < 1.29 is 4.52 Å². The second-order valence-electron chi connectivity index (χ2n) is 7.22. The minimum absolute atomic E-state index is 0.453. The largest absolute Gasteiger partial charge is 0.361 e. The van der Waals surface area contributed by atoms with Gasteiger partial charge < -0.3 is 4.52 Å². The maximum Gasteiger partial charge on any atom is 0.143 e. The fraction of sp³-hybridized carbons (Fsp3) is 0.450. The first-order chi connectivity index (χ1) is 13.1. The van der Waals surface area contributed by atoms with Crippen LogP contribution in [0, 0.1) is 20.8 Å². The summed E-state index contributed by atoms with van der Waals surface area (Å²) >= 11 is 0. The summed E-state index contributed by atoms with van der Waals surface area (Å²) in [6.45, 7) is 8.83. The molecule has 140 valence electrons. The van der Waals surface area contributed by atoms with E-state index < -0.39 is 0 Å². The normalized spacial score (nSPS) is 16.0. The van der Waals surface area contributed by atoms with Gasteiger partial charge in [-0.15, -0.1) is 0 Å². The van der Waals surface area contributed by atoms with Gasteiger partial charge in [-0.05, 0) is 52.8 Å². The van der Waals surface area contributed by atoms with Gasteiger partial charge in [0, 0.05) is 36.1 Å². The number of hydrogen-bond acceptors (Lipinski definition) is 7. The summed E-state index contributed by atoms with van der Waals surface area (Å²) in [6, 6.07) is 2.12. The number of aromatic nitrogens is 5. The third-order valence-electron chi connectivity index (χ3n) is 5.17. The fourth-order valence-corrected chi connectivity index (χ4v) is 3.83. The van der Waals surface area contributed by atoms with Crippen molar-refractivity contribution in [3.8, 4) is 11.3 Å². The molecule has 0 bridgehead atoms. The van der Waals surface area contributed by atoms with E-state index in [0.29, 0.717) is 5.92 Å². The van der Waals surface area contributed by atoms with Gasteiger partial charge in [-0.25, -0.2) is 19.9 Å². The van der Waals surface area contributed by atoms with E-state index in [4.69, 9.17) is 9.51 Å². The molecular weight excluding hydrogens is 340 g/mol. The molecule has 0 saturated carbocycles. The molecule has 1 aliphatic rings. The van der Waals surface area contributed by atoms with E-state index in [2.05, 4.69) is 31.1 Å².